The Hall–Kier alpha value is -0.830. The molecule has 0 amide bonds. The fourth-order valence-electron chi connectivity index (χ4n) is 2.43. The third-order valence-electron chi connectivity index (χ3n) is 3.68. The first-order chi connectivity index (χ1) is 10.4. The molecule has 1 heteroatoms. The molecule has 0 spiro atoms. The third kappa shape index (κ3) is 6.64. The summed E-state index contributed by atoms with van der Waals surface area (Å²) in [5, 5.41) is 0. The Labute approximate surface area is 140 Å². The summed E-state index contributed by atoms with van der Waals surface area (Å²) in [6.45, 7) is 2.28. The van der Waals surface area contributed by atoms with E-state index < -0.39 is 0 Å². The lowest BCUT2D eigenvalue weighted by Gasteiger charge is -2.01. The minimum atomic E-state index is -0.00814. The average Bonchev–Trinajstić information content (AvgIpc) is 2.53. The van der Waals surface area contributed by atoms with Crippen LogP contribution in [0.4, 0.5) is 0 Å². The minimum Gasteiger partial charge on any atom is -0.0654 e. The van der Waals surface area contributed by atoms with E-state index >= 15 is 0 Å². The number of benzene rings is 2. The topological polar surface area (TPSA) is 0 Å². The van der Waals surface area contributed by atoms with Gasteiger partial charge in [-0.25, -0.2) is 0 Å². The van der Waals surface area contributed by atoms with Crippen molar-refractivity contribution < 1.29 is 21.2 Å². The molecular weight excluding hydrogens is 367 g/mol. The van der Waals surface area contributed by atoms with E-state index in [1.807, 2.05) is 0 Å². The summed E-state index contributed by atoms with van der Waals surface area (Å²) in [5.41, 5.74) is 1.51. The quantitative estimate of drug-likeness (QED) is 0.454. The number of unbranched alkanes of at least 4 members (excludes halogenated alkanes) is 5. The molecule has 0 aliphatic carbocycles. The van der Waals surface area contributed by atoms with Crippen molar-refractivity contribution in [1.82, 2.24) is 0 Å². The molecule has 21 heavy (non-hydrogen) atoms. The molecule has 0 atom stereocenters. The molecule has 0 nitrogen and oxygen atoms in total. The highest BCUT2D eigenvalue weighted by Gasteiger charge is 2.13. The molecule has 2 aromatic rings. The largest absolute Gasteiger partial charge is 0.357 e. The summed E-state index contributed by atoms with van der Waals surface area (Å²) in [5.74, 6) is 0. The van der Waals surface area contributed by atoms with E-state index in [4.69, 9.17) is 0 Å². The van der Waals surface area contributed by atoms with Crippen LogP contribution in [0, 0.1) is 7.14 Å². The first kappa shape index (κ1) is 16.5. The number of aryl methyl sites for hydroxylation is 1. The van der Waals surface area contributed by atoms with Gasteiger partial charge < -0.3 is 0 Å². The molecule has 0 N–H and O–H groups in total. The van der Waals surface area contributed by atoms with Crippen LogP contribution in [0.25, 0.3) is 0 Å². The minimum absolute atomic E-state index is 0.00814. The molecule has 0 aliphatic rings. The molecule has 0 radical (unpaired) electrons. The van der Waals surface area contributed by atoms with Gasteiger partial charge >= 0.3 is 21.2 Å². The van der Waals surface area contributed by atoms with Crippen LogP contribution in [0.3, 0.4) is 0 Å². The van der Waals surface area contributed by atoms with Crippen LogP contribution in [0.5, 0.6) is 0 Å². The summed E-state index contributed by atoms with van der Waals surface area (Å²) in [4.78, 5) is 0. The van der Waals surface area contributed by atoms with E-state index in [9.17, 15) is 0 Å². The fraction of sp³-hybridized carbons (Fsp3) is 0.400. The molecule has 0 fully saturated rings. The van der Waals surface area contributed by atoms with Crippen LogP contribution >= 0.6 is 0 Å². The van der Waals surface area contributed by atoms with E-state index in [1.165, 1.54) is 57.6 Å². The zero-order valence-electron chi connectivity index (χ0n) is 13.0. The molecule has 0 unspecified atom stereocenters. The van der Waals surface area contributed by atoms with Gasteiger partial charge in [0.25, 0.3) is 0 Å². The van der Waals surface area contributed by atoms with Gasteiger partial charge in [-0.05, 0) is 42.7 Å². The van der Waals surface area contributed by atoms with Gasteiger partial charge in [0.2, 0.25) is 0 Å². The van der Waals surface area contributed by atoms with Crippen LogP contribution < -0.4 is 21.2 Å². The van der Waals surface area contributed by atoms with Crippen molar-refractivity contribution in [1.29, 1.82) is 0 Å². The maximum absolute atomic E-state index is 2.34. The Bertz CT molecular complexity index is 487. The van der Waals surface area contributed by atoms with Gasteiger partial charge in [0.05, 0.1) is 0 Å². The predicted octanol–water partition coefficient (Wildman–Crippen LogP) is 2.72. The molecule has 112 valence electrons. The lowest BCUT2D eigenvalue weighted by atomic mass is 10.1. The van der Waals surface area contributed by atoms with Crippen molar-refractivity contribution >= 4 is 0 Å². The van der Waals surface area contributed by atoms with Crippen molar-refractivity contribution in [3.63, 3.8) is 0 Å². The van der Waals surface area contributed by atoms with Gasteiger partial charge in [-0.3, -0.25) is 0 Å². The van der Waals surface area contributed by atoms with Crippen LogP contribution in [0.15, 0.2) is 54.6 Å². The highest BCUT2D eigenvalue weighted by molar-refractivity contribution is 5.14. The molecule has 0 saturated heterocycles. The third-order valence-corrected chi connectivity index (χ3v) is 6.37. The zero-order valence-corrected chi connectivity index (χ0v) is 15.2. The number of hydrogen-bond donors (Lipinski definition) is 0. The van der Waals surface area contributed by atoms with Gasteiger partial charge in [-0.15, -0.1) is 0 Å². The standard InChI is InChI=1S/C20H26I/c1-2-3-4-5-6-8-11-18-14-16-20(17-15-18)21-19-12-9-7-10-13-19/h7,9-10,12-17H,2-6,8,11H2,1H3/q+1. The number of hydrogen-bond acceptors (Lipinski definition) is 0. The van der Waals surface area contributed by atoms with E-state index in [1.54, 1.807) is 0 Å². The first-order valence-electron chi connectivity index (χ1n) is 8.17. The lowest BCUT2D eigenvalue weighted by molar-refractivity contribution is -0.597. The molecule has 2 rings (SSSR count). The van der Waals surface area contributed by atoms with Gasteiger partial charge in [0, 0.05) is 0 Å². The molecule has 0 bridgehead atoms. The molecule has 0 aliphatic heterocycles. The van der Waals surface area contributed by atoms with Crippen LogP contribution in [0.1, 0.15) is 51.0 Å². The summed E-state index contributed by atoms with van der Waals surface area (Å²) in [6, 6.07) is 20.2. The molecule has 2 aromatic carbocycles. The highest BCUT2D eigenvalue weighted by atomic mass is 127. The van der Waals surface area contributed by atoms with E-state index in [0.29, 0.717) is 0 Å². The van der Waals surface area contributed by atoms with Gasteiger partial charge in [0.15, 0.2) is 7.14 Å². The maximum atomic E-state index is 2.34. The Morgan fingerprint density at radius 1 is 0.667 bits per heavy atom. The SMILES string of the molecule is CCCCCCCCc1ccc([I+]c2ccccc2)cc1. The molecule has 0 aromatic heterocycles. The van der Waals surface area contributed by atoms with Gasteiger partial charge in [-0.2, -0.15) is 0 Å². The Morgan fingerprint density at radius 2 is 1.29 bits per heavy atom. The van der Waals surface area contributed by atoms with Crippen molar-refractivity contribution in [3.8, 4) is 0 Å². The second kappa shape index (κ2) is 9.99. The second-order valence-corrected chi connectivity index (χ2v) is 8.56. The van der Waals surface area contributed by atoms with Crippen molar-refractivity contribution in [2.24, 2.45) is 0 Å². The first-order valence-corrected chi connectivity index (χ1v) is 10.3. The van der Waals surface area contributed by atoms with Crippen LogP contribution in [0.2, 0.25) is 0 Å². The van der Waals surface area contributed by atoms with Crippen molar-refractivity contribution in [2.75, 3.05) is 0 Å². The Balaban J connectivity index is 1.72. The number of halogens is 1. The van der Waals surface area contributed by atoms with Crippen molar-refractivity contribution in [2.45, 2.75) is 51.9 Å². The summed E-state index contributed by atoms with van der Waals surface area (Å²) >= 11 is -0.00814. The maximum Gasteiger partial charge on any atom is 0.357 e. The van der Waals surface area contributed by atoms with Crippen molar-refractivity contribution in [3.05, 3.63) is 67.3 Å². The lowest BCUT2D eigenvalue weighted by Crippen LogP contribution is -3.61. The zero-order chi connectivity index (χ0) is 14.8. The summed E-state index contributed by atoms with van der Waals surface area (Å²) in [7, 11) is 0. The Morgan fingerprint density at radius 3 is 2.00 bits per heavy atom. The number of rotatable bonds is 9. The van der Waals surface area contributed by atoms with Gasteiger partial charge in [0.1, 0.15) is 0 Å². The second-order valence-electron chi connectivity index (χ2n) is 5.53. The summed E-state index contributed by atoms with van der Waals surface area (Å²) < 4.78 is 3.02. The van der Waals surface area contributed by atoms with E-state index in [-0.39, 0.29) is 21.2 Å². The van der Waals surface area contributed by atoms with E-state index in [2.05, 4.69) is 61.5 Å². The molecule has 0 heterocycles. The Kier molecular flexibility index (Phi) is 7.87. The fourth-order valence-corrected chi connectivity index (χ4v) is 4.64. The van der Waals surface area contributed by atoms with E-state index in [0.717, 1.165) is 0 Å². The highest BCUT2D eigenvalue weighted by Crippen LogP contribution is 2.09. The predicted molar refractivity (Wildman–Crippen MR) is 87.4 cm³/mol. The normalized spacial score (nSPS) is 10.7. The molecule has 0 saturated carbocycles. The monoisotopic (exact) mass is 393 g/mol. The van der Waals surface area contributed by atoms with Crippen LogP contribution in [-0.4, -0.2) is 0 Å². The summed E-state index contributed by atoms with van der Waals surface area (Å²) in [6.07, 6.45) is 9.54. The smallest absolute Gasteiger partial charge is 0.0654 e. The van der Waals surface area contributed by atoms with Gasteiger partial charge in [-0.1, -0.05) is 69.4 Å². The molecular formula is C20H26I+. The van der Waals surface area contributed by atoms with Crippen LogP contribution in [-0.2, 0) is 6.42 Å². The average molecular weight is 393 g/mol.